The molecule has 0 aliphatic carbocycles. The maximum absolute atomic E-state index is 7.16. The topological polar surface area (TPSA) is 59.1 Å². The number of ether oxygens (including phenoxy) is 1. The van der Waals surface area contributed by atoms with Gasteiger partial charge in [-0.25, -0.2) is 0 Å². The molecular weight excluding hydrogens is 188 g/mol. The van der Waals surface area contributed by atoms with Gasteiger partial charge in [-0.3, -0.25) is 5.41 Å². The molecule has 0 radical (unpaired) electrons. The molecule has 0 heterocycles. The second-order valence-corrected chi connectivity index (χ2v) is 4.34. The van der Waals surface area contributed by atoms with Crippen LogP contribution in [0.5, 0.6) is 0 Å². The van der Waals surface area contributed by atoms with Gasteiger partial charge in [0.25, 0.3) is 0 Å². The van der Waals surface area contributed by atoms with Crippen molar-refractivity contribution in [2.45, 2.75) is 71.5 Å². The van der Waals surface area contributed by atoms with Crippen LogP contribution in [0.3, 0.4) is 0 Å². The molecule has 90 valence electrons. The Balaban J connectivity index is 3.46. The molecule has 0 saturated carbocycles. The van der Waals surface area contributed by atoms with Crippen molar-refractivity contribution in [1.29, 1.82) is 5.41 Å². The summed E-state index contributed by atoms with van der Waals surface area (Å²) in [6.07, 6.45) is 7.14. The van der Waals surface area contributed by atoms with Gasteiger partial charge in [0.1, 0.15) is 0 Å². The molecule has 0 aromatic heterocycles. The van der Waals surface area contributed by atoms with Gasteiger partial charge in [0.2, 0.25) is 0 Å². The smallest absolute Gasteiger partial charge is 0.0931 e. The third-order valence-corrected chi connectivity index (χ3v) is 2.44. The standard InChI is InChI=1S/C12H26N2O/c1-4-5-6-7-8-10(2)15-11(3)9-12(13)14/h10-11H,4-9H2,1-3H3,(H3,13,14). The van der Waals surface area contributed by atoms with Crippen molar-refractivity contribution >= 4 is 5.84 Å². The highest BCUT2D eigenvalue weighted by Crippen LogP contribution is 2.10. The van der Waals surface area contributed by atoms with Gasteiger partial charge < -0.3 is 10.5 Å². The number of hydrogen-bond donors (Lipinski definition) is 2. The molecule has 0 aliphatic rings. The Bertz CT molecular complexity index is 171. The van der Waals surface area contributed by atoms with Gasteiger partial charge in [0, 0.05) is 6.42 Å². The predicted molar refractivity (Wildman–Crippen MR) is 65.3 cm³/mol. The van der Waals surface area contributed by atoms with Gasteiger partial charge in [-0.15, -0.1) is 0 Å². The molecule has 0 bridgehead atoms. The van der Waals surface area contributed by atoms with E-state index in [1.54, 1.807) is 0 Å². The van der Waals surface area contributed by atoms with Crippen molar-refractivity contribution in [2.75, 3.05) is 0 Å². The fourth-order valence-corrected chi connectivity index (χ4v) is 1.68. The van der Waals surface area contributed by atoms with E-state index in [0.717, 1.165) is 6.42 Å². The number of nitrogens with one attached hydrogen (secondary N) is 1. The summed E-state index contributed by atoms with van der Waals surface area (Å²) >= 11 is 0. The Kier molecular flexibility index (Phi) is 8.38. The molecule has 3 nitrogen and oxygen atoms in total. The fraction of sp³-hybridized carbons (Fsp3) is 0.917. The fourth-order valence-electron chi connectivity index (χ4n) is 1.68. The number of unbranched alkanes of at least 4 members (excludes halogenated alkanes) is 3. The minimum atomic E-state index is 0.0728. The van der Waals surface area contributed by atoms with Crippen molar-refractivity contribution in [2.24, 2.45) is 5.73 Å². The molecule has 2 unspecified atom stereocenters. The lowest BCUT2D eigenvalue weighted by Gasteiger charge is -2.18. The minimum Gasteiger partial charge on any atom is -0.388 e. The molecule has 0 aliphatic heterocycles. The highest BCUT2D eigenvalue weighted by atomic mass is 16.5. The number of hydrogen-bond acceptors (Lipinski definition) is 2. The highest BCUT2D eigenvalue weighted by Gasteiger charge is 2.09. The van der Waals surface area contributed by atoms with Crippen LogP contribution in [0.25, 0.3) is 0 Å². The highest BCUT2D eigenvalue weighted by molar-refractivity contribution is 5.77. The third-order valence-electron chi connectivity index (χ3n) is 2.44. The predicted octanol–water partition coefficient (Wildman–Crippen LogP) is 3.08. The van der Waals surface area contributed by atoms with Gasteiger partial charge in [0.15, 0.2) is 0 Å². The summed E-state index contributed by atoms with van der Waals surface area (Å²) in [6, 6.07) is 0. The summed E-state index contributed by atoms with van der Waals surface area (Å²) in [5.41, 5.74) is 5.31. The molecule has 0 spiro atoms. The molecule has 0 aromatic carbocycles. The second kappa shape index (κ2) is 8.72. The zero-order valence-corrected chi connectivity index (χ0v) is 10.4. The quantitative estimate of drug-likeness (QED) is 0.352. The van der Waals surface area contributed by atoms with Crippen LogP contribution in [0.4, 0.5) is 0 Å². The summed E-state index contributed by atoms with van der Waals surface area (Å²) in [5, 5.41) is 7.16. The Morgan fingerprint density at radius 2 is 1.87 bits per heavy atom. The average Bonchev–Trinajstić information content (AvgIpc) is 2.10. The van der Waals surface area contributed by atoms with Gasteiger partial charge >= 0.3 is 0 Å². The van der Waals surface area contributed by atoms with Crippen LogP contribution in [-0.2, 0) is 4.74 Å². The van der Waals surface area contributed by atoms with E-state index in [1.807, 2.05) is 6.92 Å². The average molecular weight is 214 g/mol. The Labute approximate surface area is 93.9 Å². The molecule has 15 heavy (non-hydrogen) atoms. The van der Waals surface area contributed by atoms with E-state index in [-0.39, 0.29) is 18.0 Å². The van der Waals surface area contributed by atoms with E-state index in [1.165, 1.54) is 25.7 Å². The largest absolute Gasteiger partial charge is 0.388 e. The Morgan fingerprint density at radius 3 is 2.40 bits per heavy atom. The first-order valence-corrected chi connectivity index (χ1v) is 6.04. The van der Waals surface area contributed by atoms with Crippen LogP contribution in [0.15, 0.2) is 0 Å². The van der Waals surface area contributed by atoms with Crippen molar-refractivity contribution < 1.29 is 4.74 Å². The third kappa shape index (κ3) is 9.73. The van der Waals surface area contributed by atoms with Gasteiger partial charge in [-0.2, -0.15) is 0 Å². The van der Waals surface area contributed by atoms with E-state index in [2.05, 4.69) is 13.8 Å². The summed E-state index contributed by atoms with van der Waals surface area (Å²) in [6.45, 7) is 6.29. The maximum Gasteiger partial charge on any atom is 0.0931 e. The van der Waals surface area contributed by atoms with Crippen molar-refractivity contribution in [1.82, 2.24) is 0 Å². The number of nitrogens with two attached hydrogens (primary N) is 1. The van der Waals surface area contributed by atoms with Crippen LogP contribution in [0.2, 0.25) is 0 Å². The second-order valence-electron chi connectivity index (χ2n) is 4.34. The lowest BCUT2D eigenvalue weighted by atomic mass is 10.1. The molecule has 3 heteroatoms. The SMILES string of the molecule is CCCCCCC(C)OC(C)CC(=N)N. The molecule has 0 rings (SSSR count). The summed E-state index contributed by atoms with van der Waals surface area (Å²) in [7, 11) is 0. The van der Waals surface area contributed by atoms with Crippen molar-refractivity contribution in [3.63, 3.8) is 0 Å². The first-order valence-electron chi connectivity index (χ1n) is 6.04. The molecule has 2 atom stereocenters. The van der Waals surface area contributed by atoms with Gasteiger partial charge in [0.05, 0.1) is 18.0 Å². The molecule has 3 N–H and O–H groups in total. The summed E-state index contributed by atoms with van der Waals surface area (Å²) < 4.78 is 5.72. The van der Waals surface area contributed by atoms with E-state index in [0.29, 0.717) is 6.42 Å². The van der Waals surface area contributed by atoms with Crippen LogP contribution >= 0.6 is 0 Å². The number of rotatable bonds is 9. The van der Waals surface area contributed by atoms with Crippen LogP contribution in [0.1, 0.15) is 59.3 Å². The summed E-state index contributed by atoms with van der Waals surface area (Å²) in [5.74, 6) is 0.209. The van der Waals surface area contributed by atoms with Crippen molar-refractivity contribution in [3.05, 3.63) is 0 Å². The van der Waals surface area contributed by atoms with E-state index < -0.39 is 0 Å². The van der Waals surface area contributed by atoms with Crippen LogP contribution < -0.4 is 5.73 Å². The minimum absolute atomic E-state index is 0.0728. The van der Waals surface area contributed by atoms with E-state index in [9.17, 15) is 0 Å². The molecule has 0 fully saturated rings. The molecule has 0 amide bonds. The first-order chi connectivity index (χ1) is 7.06. The Hall–Kier alpha value is -0.570. The van der Waals surface area contributed by atoms with Gasteiger partial charge in [-0.1, -0.05) is 32.6 Å². The van der Waals surface area contributed by atoms with Crippen LogP contribution in [-0.4, -0.2) is 18.0 Å². The maximum atomic E-state index is 7.16. The van der Waals surface area contributed by atoms with Crippen molar-refractivity contribution in [3.8, 4) is 0 Å². The van der Waals surface area contributed by atoms with Gasteiger partial charge in [-0.05, 0) is 20.3 Å². The zero-order chi connectivity index (χ0) is 11.7. The lowest BCUT2D eigenvalue weighted by Crippen LogP contribution is -2.23. The zero-order valence-electron chi connectivity index (χ0n) is 10.4. The van der Waals surface area contributed by atoms with E-state index >= 15 is 0 Å². The monoisotopic (exact) mass is 214 g/mol. The summed E-state index contributed by atoms with van der Waals surface area (Å²) in [4.78, 5) is 0. The Morgan fingerprint density at radius 1 is 1.20 bits per heavy atom. The van der Waals surface area contributed by atoms with E-state index in [4.69, 9.17) is 15.9 Å². The first kappa shape index (κ1) is 14.4. The normalized spacial score (nSPS) is 14.9. The molecule has 0 saturated heterocycles. The van der Waals surface area contributed by atoms with Crippen LogP contribution in [0, 0.1) is 5.41 Å². The lowest BCUT2D eigenvalue weighted by molar-refractivity contribution is 0.00682. The number of amidine groups is 1. The molecule has 0 aromatic rings. The molecular formula is C12H26N2O.